The van der Waals surface area contributed by atoms with Crippen LogP contribution in [0.4, 0.5) is 11.4 Å². The van der Waals surface area contributed by atoms with E-state index < -0.39 is 5.97 Å². The minimum atomic E-state index is -1.19. The molecule has 4 nitrogen and oxygen atoms in total. The van der Waals surface area contributed by atoms with Crippen LogP contribution in [0.15, 0.2) is 48.5 Å². The highest BCUT2D eigenvalue weighted by molar-refractivity contribution is 5.98. The number of rotatable bonds is 3. The molecule has 0 bridgehead atoms. The first-order chi connectivity index (χ1) is 10.5. The van der Waals surface area contributed by atoms with Crippen molar-refractivity contribution in [3.63, 3.8) is 0 Å². The Bertz CT molecular complexity index is 872. The van der Waals surface area contributed by atoms with Gasteiger partial charge in [-0.2, -0.15) is 0 Å². The molecule has 0 aliphatic carbocycles. The number of nitrogens with one attached hydrogen (secondary N) is 1. The molecule has 0 saturated carbocycles. The van der Waals surface area contributed by atoms with E-state index in [-0.39, 0.29) is 5.56 Å². The molecule has 2 aromatic carbocycles. The summed E-state index contributed by atoms with van der Waals surface area (Å²) < 4.78 is 0. The van der Waals surface area contributed by atoms with E-state index in [1.807, 2.05) is 44.2 Å². The summed E-state index contributed by atoms with van der Waals surface area (Å²) in [7, 11) is 0. The van der Waals surface area contributed by atoms with Crippen molar-refractivity contribution in [3.8, 4) is 0 Å². The number of para-hydroxylation sites is 1. The molecular formula is C18H15N2O2-. The summed E-state index contributed by atoms with van der Waals surface area (Å²) >= 11 is 0. The van der Waals surface area contributed by atoms with Gasteiger partial charge < -0.3 is 15.2 Å². The van der Waals surface area contributed by atoms with Gasteiger partial charge in [0.1, 0.15) is 0 Å². The van der Waals surface area contributed by atoms with Gasteiger partial charge in [-0.1, -0.05) is 24.3 Å². The van der Waals surface area contributed by atoms with Gasteiger partial charge in [0.25, 0.3) is 0 Å². The van der Waals surface area contributed by atoms with Gasteiger partial charge in [-0.05, 0) is 49.2 Å². The zero-order chi connectivity index (χ0) is 15.7. The number of pyridine rings is 1. The van der Waals surface area contributed by atoms with Crippen LogP contribution in [0.3, 0.4) is 0 Å². The van der Waals surface area contributed by atoms with Crippen LogP contribution in [0.25, 0.3) is 10.9 Å². The fourth-order valence-electron chi connectivity index (χ4n) is 2.45. The third-order valence-electron chi connectivity index (χ3n) is 3.59. The quantitative estimate of drug-likeness (QED) is 0.805. The first-order valence-corrected chi connectivity index (χ1v) is 7.00. The molecule has 0 amide bonds. The maximum absolute atomic E-state index is 11.1. The summed E-state index contributed by atoms with van der Waals surface area (Å²) in [5, 5.41) is 15.2. The second-order valence-electron chi connectivity index (χ2n) is 5.27. The van der Waals surface area contributed by atoms with Gasteiger partial charge in [-0.3, -0.25) is 4.98 Å². The number of hydrogen-bond donors (Lipinski definition) is 1. The second-order valence-corrected chi connectivity index (χ2v) is 5.27. The van der Waals surface area contributed by atoms with Crippen LogP contribution in [0.2, 0.25) is 0 Å². The van der Waals surface area contributed by atoms with Crippen LogP contribution < -0.4 is 10.4 Å². The van der Waals surface area contributed by atoms with Crippen molar-refractivity contribution in [2.45, 2.75) is 13.8 Å². The van der Waals surface area contributed by atoms with Gasteiger partial charge in [0, 0.05) is 22.5 Å². The fraction of sp³-hybridized carbons (Fsp3) is 0.111. The predicted octanol–water partition coefficient (Wildman–Crippen LogP) is 2.96. The lowest BCUT2D eigenvalue weighted by Crippen LogP contribution is -2.22. The Balaban J connectivity index is 2.17. The zero-order valence-corrected chi connectivity index (χ0v) is 12.4. The SMILES string of the molecule is Cc1cc(Nc2ccccc2C)c2cc(C(=O)[O-])ccc2n1. The monoisotopic (exact) mass is 291 g/mol. The number of benzene rings is 2. The maximum Gasteiger partial charge on any atom is 0.0726 e. The molecule has 0 atom stereocenters. The molecule has 0 aliphatic rings. The molecule has 22 heavy (non-hydrogen) atoms. The molecule has 4 heteroatoms. The Labute approximate surface area is 128 Å². The number of anilines is 2. The molecule has 3 rings (SSSR count). The predicted molar refractivity (Wildman–Crippen MR) is 85.3 cm³/mol. The van der Waals surface area contributed by atoms with Crippen molar-refractivity contribution < 1.29 is 9.90 Å². The lowest BCUT2D eigenvalue weighted by Gasteiger charge is -2.14. The van der Waals surface area contributed by atoms with Crippen molar-refractivity contribution in [1.29, 1.82) is 0 Å². The summed E-state index contributed by atoms with van der Waals surface area (Å²) in [5.74, 6) is -1.19. The molecule has 0 fully saturated rings. The van der Waals surface area contributed by atoms with Crippen molar-refractivity contribution in [2.24, 2.45) is 0 Å². The number of carbonyl (C=O) groups excluding carboxylic acids is 1. The van der Waals surface area contributed by atoms with Crippen molar-refractivity contribution in [1.82, 2.24) is 4.98 Å². The largest absolute Gasteiger partial charge is 0.545 e. The molecule has 1 heterocycles. The Morgan fingerprint density at radius 3 is 2.55 bits per heavy atom. The van der Waals surface area contributed by atoms with Gasteiger partial charge in [0.15, 0.2) is 0 Å². The minimum absolute atomic E-state index is 0.144. The first-order valence-electron chi connectivity index (χ1n) is 7.00. The number of nitrogens with zero attached hydrogens (tertiary/aromatic N) is 1. The van der Waals surface area contributed by atoms with E-state index in [9.17, 15) is 9.90 Å². The van der Waals surface area contributed by atoms with E-state index in [0.29, 0.717) is 0 Å². The Kier molecular flexibility index (Phi) is 3.51. The molecule has 0 saturated heterocycles. The van der Waals surface area contributed by atoms with Crippen LogP contribution >= 0.6 is 0 Å². The number of aromatic nitrogens is 1. The molecule has 0 spiro atoms. The van der Waals surface area contributed by atoms with Crippen LogP contribution in [0.5, 0.6) is 0 Å². The number of aromatic carboxylic acids is 1. The van der Waals surface area contributed by atoms with Gasteiger partial charge in [0.05, 0.1) is 11.5 Å². The summed E-state index contributed by atoms with van der Waals surface area (Å²) in [6.45, 7) is 3.93. The van der Waals surface area contributed by atoms with Crippen LogP contribution in [-0.2, 0) is 0 Å². The third-order valence-corrected chi connectivity index (χ3v) is 3.59. The number of hydrogen-bond acceptors (Lipinski definition) is 4. The van der Waals surface area contributed by atoms with Gasteiger partial charge in [-0.25, -0.2) is 0 Å². The molecular weight excluding hydrogens is 276 g/mol. The van der Waals surface area contributed by atoms with Crippen molar-refractivity contribution in [3.05, 3.63) is 65.4 Å². The summed E-state index contributed by atoms with van der Waals surface area (Å²) in [6.07, 6.45) is 0. The Morgan fingerprint density at radius 1 is 1.05 bits per heavy atom. The van der Waals surface area contributed by atoms with E-state index in [2.05, 4.69) is 10.3 Å². The third kappa shape index (κ3) is 2.63. The Hall–Kier alpha value is -2.88. The lowest BCUT2D eigenvalue weighted by atomic mass is 10.1. The summed E-state index contributed by atoms with van der Waals surface area (Å²) in [4.78, 5) is 15.5. The highest BCUT2D eigenvalue weighted by Gasteiger charge is 2.07. The van der Waals surface area contributed by atoms with Crippen LogP contribution in [0.1, 0.15) is 21.6 Å². The molecule has 110 valence electrons. The number of fused-ring (bicyclic) bond motifs is 1. The zero-order valence-electron chi connectivity index (χ0n) is 12.4. The van der Waals surface area contributed by atoms with E-state index in [1.165, 1.54) is 6.07 Å². The average molecular weight is 291 g/mol. The summed E-state index contributed by atoms with van der Waals surface area (Å²) in [6, 6.07) is 14.7. The van der Waals surface area contributed by atoms with Gasteiger partial charge in [0.2, 0.25) is 0 Å². The fourth-order valence-corrected chi connectivity index (χ4v) is 2.45. The van der Waals surface area contributed by atoms with Crippen LogP contribution in [0, 0.1) is 13.8 Å². The van der Waals surface area contributed by atoms with E-state index in [0.717, 1.165) is 33.5 Å². The van der Waals surface area contributed by atoms with Gasteiger partial charge >= 0.3 is 0 Å². The molecule has 0 unspecified atom stereocenters. The van der Waals surface area contributed by atoms with Gasteiger partial charge in [-0.15, -0.1) is 0 Å². The molecule has 3 aromatic rings. The molecule has 1 aromatic heterocycles. The first kappa shape index (κ1) is 14.1. The second kappa shape index (κ2) is 5.48. The average Bonchev–Trinajstić information content (AvgIpc) is 2.49. The normalized spacial score (nSPS) is 10.6. The van der Waals surface area contributed by atoms with E-state index in [4.69, 9.17) is 0 Å². The van der Waals surface area contributed by atoms with Crippen molar-refractivity contribution >= 4 is 28.2 Å². The Morgan fingerprint density at radius 2 is 1.82 bits per heavy atom. The lowest BCUT2D eigenvalue weighted by molar-refractivity contribution is -0.255. The molecule has 1 N–H and O–H groups in total. The number of aryl methyl sites for hydroxylation is 2. The summed E-state index contributed by atoms with van der Waals surface area (Å²) in [5.41, 5.74) is 4.69. The molecule has 0 aliphatic heterocycles. The number of carboxylic acid groups (broad SMARTS) is 1. The minimum Gasteiger partial charge on any atom is -0.545 e. The highest BCUT2D eigenvalue weighted by Crippen LogP contribution is 2.28. The van der Waals surface area contributed by atoms with Crippen molar-refractivity contribution in [2.75, 3.05) is 5.32 Å². The van der Waals surface area contributed by atoms with E-state index >= 15 is 0 Å². The number of carbonyl (C=O) groups is 1. The van der Waals surface area contributed by atoms with E-state index in [1.54, 1.807) is 12.1 Å². The van der Waals surface area contributed by atoms with Crippen LogP contribution in [-0.4, -0.2) is 11.0 Å². The standard InChI is InChI=1S/C18H16N2O2/c1-11-5-3-4-6-15(11)20-17-9-12(2)19-16-8-7-13(18(21)22)10-14(16)17/h3-10H,1-2H3,(H,19,20)(H,21,22)/p-1. The smallest absolute Gasteiger partial charge is 0.0726 e. The molecule has 0 radical (unpaired) electrons. The maximum atomic E-state index is 11.1. The topological polar surface area (TPSA) is 65.0 Å². The number of carboxylic acids is 1. The highest BCUT2D eigenvalue weighted by atomic mass is 16.4.